The van der Waals surface area contributed by atoms with Crippen molar-refractivity contribution in [2.45, 2.75) is 0 Å². The molecule has 0 unspecified atom stereocenters. The lowest BCUT2D eigenvalue weighted by molar-refractivity contribution is 0.0921. The van der Waals surface area contributed by atoms with Crippen LogP contribution in [-0.4, -0.2) is 26.6 Å². The van der Waals surface area contributed by atoms with E-state index in [0.717, 1.165) is 5.75 Å². The van der Waals surface area contributed by atoms with E-state index in [1.54, 1.807) is 62.8 Å². The SMILES string of the molecule is COc1ccc(OCC(=O)c2cccc(OC)c2)cc1. The third kappa shape index (κ3) is 3.51. The molecule has 2 rings (SSSR count). The Morgan fingerprint density at radius 1 is 0.900 bits per heavy atom. The summed E-state index contributed by atoms with van der Waals surface area (Å²) in [6.45, 7) is -0.0144. The van der Waals surface area contributed by atoms with Crippen LogP contribution in [0.4, 0.5) is 0 Å². The van der Waals surface area contributed by atoms with Gasteiger partial charge in [0.15, 0.2) is 12.4 Å². The predicted molar refractivity (Wildman–Crippen MR) is 75.8 cm³/mol. The lowest BCUT2D eigenvalue weighted by Gasteiger charge is -2.07. The van der Waals surface area contributed by atoms with Crippen LogP contribution in [0.25, 0.3) is 0 Å². The van der Waals surface area contributed by atoms with Gasteiger partial charge in [0.2, 0.25) is 0 Å². The first-order valence-corrected chi connectivity index (χ1v) is 6.17. The average Bonchev–Trinajstić information content (AvgIpc) is 2.53. The second kappa shape index (κ2) is 6.61. The maximum atomic E-state index is 12.0. The highest BCUT2D eigenvalue weighted by Crippen LogP contribution is 2.18. The Morgan fingerprint density at radius 3 is 2.20 bits per heavy atom. The second-order valence-corrected chi connectivity index (χ2v) is 4.12. The van der Waals surface area contributed by atoms with E-state index in [0.29, 0.717) is 17.1 Å². The Kier molecular flexibility index (Phi) is 4.60. The molecule has 0 fully saturated rings. The largest absolute Gasteiger partial charge is 0.497 e. The average molecular weight is 272 g/mol. The number of ketones is 1. The van der Waals surface area contributed by atoms with Crippen molar-refractivity contribution < 1.29 is 19.0 Å². The zero-order valence-corrected chi connectivity index (χ0v) is 11.5. The zero-order valence-electron chi connectivity index (χ0n) is 11.5. The van der Waals surface area contributed by atoms with Crippen LogP contribution in [0.1, 0.15) is 10.4 Å². The Labute approximate surface area is 117 Å². The molecule has 0 atom stereocenters. The molecule has 0 aliphatic heterocycles. The normalized spacial score (nSPS) is 9.90. The fourth-order valence-electron chi connectivity index (χ4n) is 1.70. The lowest BCUT2D eigenvalue weighted by atomic mass is 10.1. The van der Waals surface area contributed by atoms with Crippen molar-refractivity contribution in [1.29, 1.82) is 0 Å². The van der Waals surface area contributed by atoms with Gasteiger partial charge in [-0.15, -0.1) is 0 Å². The van der Waals surface area contributed by atoms with E-state index in [2.05, 4.69) is 0 Å². The van der Waals surface area contributed by atoms with Gasteiger partial charge in [0, 0.05) is 5.56 Å². The first-order valence-electron chi connectivity index (χ1n) is 6.17. The molecular formula is C16H16O4. The summed E-state index contributed by atoms with van der Waals surface area (Å²) in [7, 11) is 3.17. The minimum absolute atomic E-state index is 0.0144. The molecule has 0 bridgehead atoms. The van der Waals surface area contributed by atoms with Gasteiger partial charge in [-0.1, -0.05) is 12.1 Å². The molecule has 104 valence electrons. The summed E-state index contributed by atoms with van der Waals surface area (Å²) in [6.07, 6.45) is 0. The second-order valence-electron chi connectivity index (χ2n) is 4.12. The summed E-state index contributed by atoms with van der Waals surface area (Å²) in [5.41, 5.74) is 0.567. The van der Waals surface area contributed by atoms with Crippen LogP contribution in [0.2, 0.25) is 0 Å². The number of Topliss-reactive ketones (excluding diaryl/α,β-unsaturated/α-hetero) is 1. The van der Waals surface area contributed by atoms with Crippen LogP contribution in [0.5, 0.6) is 17.2 Å². The predicted octanol–water partition coefficient (Wildman–Crippen LogP) is 2.97. The number of carbonyl (C=O) groups is 1. The molecule has 0 saturated heterocycles. The summed E-state index contributed by atoms with van der Waals surface area (Å²) in [5.74, 6) is 1.93. The molecule has 0 N–H and O–H groups in total. The lowest BCUT2D eigenvalue weighted by Crippen LogP contribution is -2.11. The number of benzene rings is 2. The monoisotopic (exact) mass is 272 g/mol. The molecule has 4 heteroatoms. The van der Waals surface area contributed by atoms with Crippen LogP contribution in [0, 0.1) is 0 Å². The van der Waals surface area contributed by atoms with E-state index in [9.17, 15) is 4.79 Å². The van der Waals surface area contributed by atoms with E-state index < -0.39 is 0 Å². The van der Waals surface area contributed by atoms with Gasteiger partial charge in [0.1, 0.15) is 17.2 Å². The minimum Gasteiger partial charge on any atom is -0.497 e. The maximum absolute atomic E-state index is 12.0. The topological polar surface area (TPSA) is 44.8 Å². The van der Waals surface area contributed by atoms with Crippen LogP contribution in [0.15, 0.2) is 48.5 Å². The van der Waals surface area contributed by atoms with Crippen molar-refractivity contribution >= 4 is 5.78 Å². The molecule has 0 amide bonds. The van der Waals surface area contributed by atoms with Gasteiger partial charge in [-0.3, -0.25) is 4.79 Å². The van der Waals surface area contributed by atoms with Crippen molar-refractivity contribution in [2.75, 3.05) is 20.8 Å². The van der Waals surface area contributed by atoms with E-state index in [4.69, 9.17) is 14.2 Å². The summed E-state index contributed by atoms with van der Waals surface area (Å²) >= 11 is 0. The van der Waals surface area contributed by atoms with Crippen LogP contribution < -0.4 is 14.2 Å². The number of methoxy groups -OCH3 is 2. The van der Waals surface area contributed by atoms with Crippen LogP contribution >= 0.6 is 0 Å². The van der Waals surface area contributed by atoms with Crippen molar-refractivity contribution in [3.63, 3.8) is 0 Å². The van der Waals surface area contributed by atoms with E-state index in [1.807, 2.05) is 0 Å². The van der Waals surface area contributed by atoms with Crippen molar-refractivity contribution in [1.82, 2.24) is 0 Å². The summed E-state index contributed by atoms with van der Waals surface area (Å²) in [5, 5.41) is 0. The van der Waals surface area contributed by atoms with Crippen molar-refractivity contribution in [3.05, 3.63) is 54.1 Å². The number of hydrogen-bond acceptors (Lipinski definition) is 4. The molecule has 20 heavy (non-hydrogen) atoms. The van der Waals surface area contributed by atoms with E-state index >= 15 is 0 Å². The molecule has 0 spiro atoms. The fourth-order valence-corrected chi connectivity index (χ4v) is 1.70. The number of ether oxygens (including phenoxy) is 3. The highest BCUT2D eigenvalue weighted by atomic mass is 16.5. The number of carbonyl (C=O) groups excluding carboxylic acids is 1. The molecule has 2 aromatic rings. The third-order valence-corrected chi connectivity index (χ3v) is 2.82. The van der Waals surface area contributed by atoms with Gasteiger partial charge < -0.3 is 14.2 Å². The van der Waals surface area contributed by atoms with Gasteiger partial charge in [-0.2, -0.15) is 0 Å². The van der Waals surface area contributed by atoms with Gasteiger partial charge in [-0.25, -0.2) is 0 Å². The number of rotatable bonds is 6. The number of hydrogen-bond donors (Lipinski definition) is 0. The Hall–Kier alpha value is -2.49. The maximum Gasteiger partial charge on any atom is 0.200 e. The quantitative estimate of drug-likeness (QED) is 0.758. The summed E-state index contributed by atoms with van der Waals surface area (Å²) in [4.78, 5) is 12.0. The first kappa shape index (κ1) is 13.9. The third-order valence-electron chi connectivity index (χ3n) is 2.82. The van der Waals surface area contributed by atoms with Crippen LogP contribution in [0.3, 0.4) is 0 Å². The molecule has 0 aromatic heterocycles. The minimum atomic E-state index is -0.0975. The van der Waals surface area contributed by atoms with Crippen molar-refractivity contribution in [3.8, 4) is 17.2 Å². The summed E-state index contributed by atoms with van der Waals surface area (Å²) in [6, 6.07) is 14.1. The zero-order chi connectivity index (χ0) is 14.4. The van der Waals surface area contributed by atoms with Gasteiger partial charge in [0.25, 0.3) is 0 Å². The standard InChI is InChI=1S/C16H16O4/c1-18-13-6-8-14(9-7-13)20-11-16(17)12-4-3-5-15(10-12)19-2/h3-10H,11H2,1-2H3. The molecule has 4 nitrogen and oxygen atoms in total. The molecule has 2 aromatic carbocycles. The van der Waals surface area contributed by atoms with Gasteiger partial charge in [0.05, 0.1) is 14.2 Å². The van der Waals surface area contributed by atoms with Crippen molar-refractivity contribution in [2.24, 2.45) is 0 Å². The fraction of sp³-hybridized carbons (Fsp3) is 0.188. The van der Waals surface area contributed by atoms with E-state index in [-0.39, 0.29) is 12.4 Å². The van der Waals surface area contributed by atoms with Gasteiger partial charge >= 0.3 is 0 Å². The molecular weight excluding hydrogens is 256 g/mol. The molecule has 0 heterocycles. The molecule has 0 aliphatic carbocycles. The smallest absolute Gasteiger partial charge is 0.200 e. The Bertz CT molecular complexity index is 575. The molecule has 0 aliphatic rings. The first-order chi connectivity index (χ1) is 9.72. The Balaban J connectivity index is 1.97. The highest BCUT2D eigenvalue weighted by molar-refractivity contribution is 5.97. The van der Waals surface area contributed by atoms with Gasteiger partial charge in [-0.05, 0) is 36.4 Å². The molecule has 0 saturated carbocycles. The van der Waals surface area contributed by atoms with Crippen LogP contribution in [-0.2, 0) is 0 Å². The van der Waals surface area contributed by atoms with E-state index in [1.165, 1.54) is 0 Å². The summed E-state index contributed by atoms with van der Waals surface area (Å²) < 4.78 is 15.6. The Morgan fingerprint density at radius 2 is 1.55 bits per heavy atom. The highest BCUT2D eigenvalue weighted by Gasteiger charge is 2.08. The molecule has 0 radical (unpaired) electrons.